The molecule has 1 amide bonds. The molecule has 16 nitrogen and oxygen atoms in total. The van der Waals surface area contributed by atoms with E-state index >= 15 is 0 Å². The van der Waals surface area contributed by atoms with Gasteiger partial charge in [0.05, 0.1) is 53.0 Å². The molecule has 7 rings (SSSR count). The van der Waals surface area contributed by atoms with E-state index in [2.05, 4.69) is 15.3 Å². The van der Waals surface area contributed by atoms with Gasteiger partial charge in [0.25, 0.3) is 11.7 Å². The van der Waals surface area contributed by atoms with Crippen molar-refractivity contribution < 1.29 is 58.9 Å². The number of methoxy groups -OCH3 is 1. The number of ketones is 1. The number of aromatic hydroxyl groups is 3. The molecule has 1 saturated carbocycles. The molecule has 4 aliphatic heterocycles. The Balaban J connectivity index is 1.47. The van der Waals surface area contributed by atoms with E-state index in [0.717, 1.165) is 13.1 Å². The average Bonchev–Trinajstić information content (AvgIpc) is 3.89. The molecular formula is C47H64N4O12. The third-order valence-electron chi connectivity index (χ3n) is 13.5. The van der Waals surface area contributed by atoms with Gasteiger partial charge in [0, 0.05) is 93.4 Å². The molecule has 0 radical (unpaired) electrons. The molecule has 5 aliphatic rings. The smallest absolute Gasteiger partial charge is 0.312 e. The number of allylic oxidation sites excluding steroid dienone is 2. The van der Waals surface area contributed by atoms with Crippen LogP contribution in [0.25, 0.3) is 10.8 Å². The summed E-state index contributed by atoms with van der Waals surface area (Å²) in [5, 5.41) is 67.6. The molecule has 9 atom stereocenters. The number of amides is 1. The van der Waals surface area contributed by atoms with Crippen molar-refractivity contribution in [3.05, 3.63) is 52.8 Å². The fourth-order valence-corrected chi connectivity index (χ4v) is 9.47. The zero-order valence-corrected chi connectivity index (χ0v) is 37.8. The molecule has 6 N–H and O–H groups in total. The van der Waals surface area contributed by atoms with E-state index in [1.807, 2.05) is 5.01 Å². The molecule has 2 fully saturated rings. The summed E-state index contributed by atoms with van der Waals surface area (Å²) >= 11 is 0. The molecule has 63 heavy (non-hydrogen) atoms. The first-order chi connectivity index (χ1) is 29.8. The average molecular weight is 877 g/mol. The maximum absolute atomic E-state index is 14.5. The van der Waals surface area contributed by atoms with Gasteiger partial charge >= 0.3 is 11.8 Å². The fraction of sp³-hybridized carbons (Fsp3) is 0.574. The molecule has 1 aliphatic carbocycles. The van der Waals surface area contributed by atoms with Crippen LogP contribution in [0.3, 0.4) is 0 Å². The first kappa shape index (κ1) is 47.3. The molecule has 2 aromatic rings. The lowest BCUT2D eigenvalue weighted by Gasteiger charge is -2.38. The SMILES string of the molecule is CO[C@H]1/C=C/O[C@@]2(C)Oc3c(C)c(O)c4c(O)c(c(/C=N/N5CCN(C6CCCC6)CC5)c(O)c4c3C2=O)NC(=O)/C(C)=C\C=C\[C@H](C)[C@H](O)[C@@H](C)[C@@H](O)[C@@H](C)[C@@H](OC(C)=O)[C@@H]1C. The Bertz CT molecular complexity index is 2190. The summed E-state index contributed by atoms with van der Waals surface area (Å²) in [6, 6.07) is 0.553. The summed E-state index contributed by atoms with van der Waals surface area (Å²) in [7, 11) is 1.44. The van der Waals surface area contributed by atoms with Crippen LogP contribution in [0.15, 0.2) is 41.2 Å². The number of nitrogens with one attached hydrogen (secondary N) is 1. The van der Waals surface area contributed by atoms with Gasteiger partial charge < -0.3 is 49.8 Å². The van der Waals surface area contributed by atoms with E-state index in [4.69, 9.17) is 18.9 Å². The fourth-order valence-electron chi connectivity index (χ4n) is 9.47. The summed E-state index contributed by atoms with van der Waals surface area (Å²) < 4.78 is 23.7. The maximum atomic E-state index is 14.5. The summed E-state index contributed by atoms with van der Waals surface area (Å²) in [6.45, 7) is 15.4. The van der Waals surface area contributed by atoms with Gasteiger partial charge in [-0.05, 0) is 32.8 Å². The second-order valence-corrected chi connectivity index (χ2v) is 17.8. The number of esters is 1. The first-order valence-corrected chi connectivity index (χ1v) is 21.9. The van der Waals surface area contributed by atoms with Gasteiger partial charge in [0.2, 0.25) is 0 Å². The normalized spacial score (nSPS) is 32.4. The molecule has 0 spiro atoms. The van der Waals surface area contributed by atoms with Crippen LogP contribution in [-0.4, -0.2) is 129 Å². The Morgan fingerprint density at radius 2 is 1.59 bits per heavy atom. The standard InChI is InChI=1S/C47H64N4O12/c1-24-13-12-14-25(2)46(59)49-37-32(23-48-51-20-18-50(19-21-51)31-15-10-11-16-31)41(56)34-35(42(37)57)40(55)29(6)44-36(34)45(58)47(8,63-44)61-22-17-33(60-9)26(3)43(62-30(7)52)28(5)39(54)27(4)38(24)53/h12-14,17,22-24,26-28,31,33,38-39,43,53-57H,10-11,15-16,18-21H2,1-9H3,(H,49,59)/b13-12+,22-17+,25-14-,48-23+/t24-,26+,27+,28+,33-,38-,39+,43-,47-/m0/s1. The minimum absolute atomic E-state index is 0.0631. The lowest BCUT2D eigenvalue weighted by atomic mass is 9.78. The Kier molecular flexibility index (Phi) is 14.5. The minimum atomic E-state index is -2.04. The van der Waals surface area contributed by atoms with Crippen LogP contribution in [0.2, 0.25) is 0 Å². The van der Waals surface area contributed by atoms with Gasteiger partial charge in [-0.1, -0.05) is 58.8 Å². The van der Waals surface area contributed by atoms with Crippen LogP contribution in [0.4, 0.5) is 5.69 Å². The topological polar surface area (TPSA) is 220 Å². The summed E-state index contributed by atoms with van der Waals surface area (Å²) in [6.07, 6.45) is 9.75. The Labute approximate surface area is 368 Å². The zero-order valence-electron chi connectivity index (χ0n) is 37.8. The van der Waals surface area contributed by atoms with E-state index in [-0.39, 0.29) is 44.5 Å². The molecule has 1 saturated heterocycles. The highest BCUT2D eigenvalue weighted by molar-refractivity contribution is 6.23. The van der Waals surface area contributed by atoms with Gasteiger partial charge in [-0.15, -0.1) is 0 Å². The van der Waals surface area contributed by atoms with Gasteiger partial charge in [0.15, 0.2) is 5.75 Å². The monoisotopic (exact) mass is 876 g/mol. The van der Waals surface area contributed by atoms with Crippen LogP contribution in [-0.2, 0) is 23.8 Å². The molecule has 344 valence electrons. The third-order valence-corrected chi connectivity index (χ3v) is 13.5. The largest absolute Gasteiger partial charge is 0.507 e. The number of aliphatic hydroxyl groups is 2. The van der Waals surface area contributed by atoms with Crippen molar-refractivity contribution in [1.29, 1.82) is 0 Å². The lowest BCUT2D eigenvalue weighted by Crippen LogP contribution is -2.47. The van der Waals surface area contributed by atoms with E-state index in [1.54, 1.807) is 39.8 Å². The van der Waals surface area contributed by atoms with Crippen molar-refractivity contribution in [2.75, 3.05) is 38.6 Å². The van der Waals surface area contributed by atoms with Crippen molar-refractivity contribution in [1.82, 2.24) is 9.91 Å². The number of ether oxygens (including phenoxy) is 4. The molecule has 0 aromatic heterocycles. The minimum Gasteiger partial charge on any atom is -0.507 e. The highest BCUT2D eigenvalue weighted by Crippen LogP contribution is 2.55. The van der Waals surface area contributed by atoms with Crippen LogP contribution >= 0.6 is 0 Å². The van der Waals surface area contributed by atoms with E-state index in [1.165, 1.54) is 85.1 Å². The second kappa shape index (κ2) is 19.3. The summed E-state index contributed by atoms with van der Waals surface area (Å²) in [5.74, 6) is -8.28. The molecule has 5 bridgehead atoms. The number of phenolic OH excluding ortho intramolecular Hbond substituents is 3. The van der Waals surface area contributed by atoms with Crippen LogP contribution in [0, 0.1) is 30.6 Å². The van der Waals surface area contributed by atoms with Crippen molar-refractivity contribution in [2.45, 2.75) is 117 Å². The Morgan fingerprint density at radius 1 is 0.921 bits per heavy atom. The molecule has 4 heterocycles. The van der Waals surface area contributed by atoms with Gasteiger partial charge in [-0.25, -0.2) is 0 Å². The van der Waals surface area contributed by atoms with Crippen molar-refractivity contribution in [3.8, 4) is 23.0 Å². The van der Waals surface area contributed by atoms with Crippen LogP contribution < -0.4 is 10.1 Å². The predicted molar refractivity (Wildman–Crippen MR) is 237 cm³/mol. The van der Waals surface area contributed by atoms with E-state index in [0.29, 0.717) is 19.1 Å². The third kappa shape index (κ3) is 9.40. The number of hydrogen-bond donors (Lipinski definition) is 6. The van der Waals surface area contributed by atoms with Crippen LogP contribution in [0.1, 0.15) is 95.6 Å². The number of piperazine rings is 1. The highest BCUT2D eigenvalue weighted by Gasteiger charge is 2.50. The number of carbonyl (C=O) groups is 3. The lowest BCUT2D eigenvalue weighted by molar-refractivity contribution is -0.160. The number of hydrogen-bond acceptors (Lipinski definition) is 15. The van der Waals surface area contributed by atoms with Crippen LogP contribution in [0.5, 0.6) is 23.0 Å². The Morgan fingerprint density at radius 3 is 2.22 bits per heavy atom. The van der Waals surface area contributed by atoms with Gasteiger partial charge in [-0.3, -0.25) is 24.3 Å². The number of aliphatic hydroxyl groups excluding tert-OH is 2. The Hall–Kier alpha value is -5.16. The van der Waals surface area contributed by atoms with Gasteiger partial charge in [-0.2, -0.15) is 5.10 Å². The number of rotatable bonds is 5. The van der Waals surface area contributed by atoms with E-state index < -0.39 is 88.8 Å². The number of fused-ring (bicyclic) bond motifs is 14. The highest BCUT2D eigenvalue weighted by atomic mass is 16.7. The number of phenols is 3. The summed E-state index contributed by atoms with van der Waals surface area (Å²) in [5.41, 5.74) is -0.293. The maximum Gasteiger partial charge on any atom is 0.312 e. The number of benzene rings is 2. The molecule has 2 aromatic carbocycles. The summed E-state index contributed by atoms with van der Waals surface area (Å²) in [4.78, 5) is 43.2. The van der Waals surface area contributed by atoms with Gasteiger partial charge in [0.1, 0.15) is 23.4 Å². The first-order valence-electron chi connectivity index (χ1n) is 21.9. The second-order valence-electron chi connectivity index (χ2n) is 17.8. The van der Waals surface area contributed by atoms with Crippen molar-refractivity contribution >= 4 is 40.3 Å². The predicted octanol–water partition coefficient (Wildman–Crippen LogP) is 5.65. The number of nitrogens with zero attached hydrogens (tertiary/aromatic N) is 3. The number of hydrazone groups is 1. The van der Waals surface area contributed by atoms with Crippen molar-refractivity contribution in [3.63, 3.8) is 0 Å². The zero-order chi connectivity index (χ0) is 46.1. The molecular weight excluding hydrogens is 813 g/mol. The van der Waals surface area contributed by atoms with Crippen molar-refractivity contribution in [2.24, 2.45) is 28.8 Å². The van der Waals surface area contributed by atoms with E-state index in [9.17, 15) is 39.9 Å². The number of Topliss-reactive ketones (excluding diaryl/α,β-unsaturated/α-hetero) is 1. The quantitative estimate of drug-likeness (QED) is 0.0926. The molecule has 16 heteroatoms. The number of anilines is 1. The number of carbonyl (C=O) groups excluding carboxylic acids is 3. The molecule has 0 unspecified atom stereocenters.